The first kappa shape index (κ1) is 11.3. The molecule has 0 amide bonds. The molecule has 0 aliphatic carbocycles. The molecule has 3 N–H and O–H groups in total. The molecular weight excluding hydrogens is 253 g/mol. The van der Waals surface area contributed by atoms with E-state index in [1.54, 1.807) is 6.92 Å². The summed E-state index contributed by atoms with van der Waals surface area (Å²) < 4.78 is 18.3. The molecule has 3 nitrogen and oxygen atoms in total. The van der Waals surface area contributed by atoms with Gasteiger partial charge in [-0.05, 0) is 28.9 Å². The van der Waals surface area contributed by atoms with E-state index in [9.17, 15) is 9.50 Å². The number of methoxy groups -OCH3 is 1. The van der Waals surface area contributed by atoms with Gasteiger partial charge < -0.3 is 15.6 Å². The number of hydrogen-bond acceptors (Lipinski definition) is 3. The van der Waals surface area contributed by atoms with Crippen molar-refractivity contribution < 1.29 is 14.2 Å². The lowest BCUT2D eigenvalue weighted by atomic mass is 10.1. The van der Waals surface area contributed by atoms with E-state index in [1.807, 2.05) is 0 Å². The third kappa shape index (κ3) is 1.83. The molecule has 0 bridgehead atoms. The minimum Gasteiger partial charge on any atom is -0.506 e. The quantitative estimate of drug-likeness (QED) is 0.861. The molecule has 0 spiro atoms. The fraction of sp³-hybridized carbons (Fsp3) is 0.333. The van der Waals surface area contributed by atoms with Crippen molar-refractivity contribution in [1.82, 2.24) is 0 Å². The molecule has 0 aliphatic rings. The van der Waals surface area contributed by atoms with Crippen LogP contribution in [-0.2, 0) is 0 Å². The summed E-state index contributed by atoms with van der Waals surface area (Å²) in [7, 11) is 1.33. The molecule has 0 saturated heterocycles. The van der Waals surface area contributed by atoms with Gasteiger partial charge in [-0.3, -0.25) is 0 Å². The first-order valence-corrected chi connectivity index (χ1v) is 4.78. The van der Waals surface area contributed by atoms with Gasteiger partial charge in [0.25, 0.3) is 0 Å². The van der Waals surface area contributed by atoms with E-state index in [4.69, 9.17) is 10.5 Å². The molecule has 5 heteroatoms. The highest BCUT2D eigenvalue weighted by Crippen LogP contribution is 2.40. The van der Waals surface area contributed by atoms with Gasteiger partial charge in [0.05, 0.1) is 7.11 Å². The predicted molar refractivity (Wildman–Crippen MR) is 54.9 cm³/mol. The van der Waals surface area contributed by atoms with Crippen LogP contribution in [0.1, 0.15) is 18.5 Å². The van der Waals surface area contributed by atoms with Crippen molar-refractivity contribution in [2.75, 3.05) is 7.11 Å². The van der Waals surface area contributed by atoms with E-state index in [-0.39, 0.29) is 16.0 Å². The van der Waals surface area contributed by atoms with Crippen LogP contribution >= 0.6 is 15.9 Å². The number of ether oxygens (including phenoxy) is 1. The number of benzene rings is 1. The van der Waals surface area contributed by atoms with Crippen molar-refractivity contribution in [1.29, 1.82) is 0 Å². The number of nitrogens with two attached hydrogens (primary N) is 1. The van der Waals surface area contributed by atoms with Gasteiger partial charge in [-0.25, -0.2) is 4.39 Å². The minimum absolute atomic E-state index is 0.0214. The van der Waals surface area contributed by atoms with Crippen molar-refractivity contribution in [3.05, 3.63) is 21.9 Å². The second kappa shape index (κ2) is 4.14. The fourth-order valence-corrected chi connectivity index (χ4v) is 1.72. The predicted octanol–water partition coefficient (Wildman–Crippen LogP) is 2.32. The summed E-state index contributed by atoms with van der Waals surface area (Å²) in [4.78, 5) is 0. The van der Waals surface area contributed by atoms with Crippen LogP contribution in [0.4, 0.5) is 4.39 Å². The summed E-state index contributed by atoms with van der Waals surface area (Å²) in [5.41, 5.74) is 5.90. The Morgan fingerprint density at radius 3 is 2.64 bits per heavy atom. The smallest absolute Gasteiger partial charge is 0.172 e. The Bertz CT molecular complexity index is 355. The maximum Gasteiger partial charge on any atom is 0.172 e. The molecule has 0 heterocycles. The van der Waals surface area contributed by atoms with Gasteiger partial charge in [0.2, 0.25) is 0 Å². The molecule has 0 saturated carbocycles. The van der Waals surface area contributed by atoms with Crippen LogP contribution in [0, 0.1) is 5.82 Å². The van der Waals surface area contributed by atoms with E-state index in [0.29, 0.717) is 5.56 Å². The SMILES string of the molecule is COc1c(F)cc(C(C)N)c(O)c1Br. The molecule has 14 heavy (non-hydrogen) atoms. The lowest BCUT2D eigenvalue weighted by Crippen LogP contribution is -2.06. The Morgan fingerprint density at radius 2 is 2.21 bits per heavy atom. The Hall–Kier alpha value is -0.810. The largest absolute Gasteiger partial charge is 0.506 e. The Morgan fingerprint density at radius 1 is 1.64 bits per heavy atom. The van der Waals surface area contributed by atoms with Gasteiger partial charge in [-0.2, -0.15) is 0 Å². The van der Waals surface area contributed by atoms with Crippen LogP contribution in [0.25, 0.3) is 0 Å². The van der Waals surface area contributed by atoms with Gasteiger partial charge >= 0.3 is 0 Å². The van der Waals surface area contributed by atoms with Crippen molar-refractivity contribution in [2.24, 2.45) is 5.73 Å². The summed E-state index contributed by atoms with van der Waals surface area (Å²) in [5.74, 6) is -0.658. The highest BCUT2D eigenvalue weighted by Gasteiger charge is 2.18. The van der Waals surface area contributed by atoms with Crippen molar-refractivity contribution in [2.45, 2.75) is 13.0 Å². The molecule has 0 fully saturated rings. The van der Waals surface area contributed by atoms with E-state index >= 15 is 0 Å². The monoisotopic (exact) mass is 263 g/mol. The van der Waals surface area contributed by atoms with Gasteiger partial charge in [0, 0.05) is 11.6 Å². The van der Waals surface area contributed by atoms with Gasteiger partial charge in [0.15, 0.2) is 11.6 Å². The van der Waals surface area contributed by atoms with Crippen LogP contribution in [0.3, 0.4) is 0 Å². The lowest BCUT2D eigenvalue weighted by Gasteiger charge is -2.13. The van der Waals surface area contributed by atoms with E-state index in [2.05, 4.69) is 15.9 Å². The number of hydrogen-bond donors (Lipinski definition) is 2. The standard InChI is InChI=1S/C9H11BrFNO2/c1-4(12)5-3-6(11)9(14-2)7(10)8(5)13/h3-4,13H,12H2,1-2H3. The maximum atomic E-state index is 13.3. The molecule has 1 atom stereocenters. The number of halogens is 2. The van der Waals surface area contributed by atoms with E-state index in [0.717, 1.165) is 0 Å². The lowest BCUT2D eigenvalue weighted by molar-refractivity contribution is 0.374. The van der Waals surface area contributed by atoms with Crippen molar-refractivity contribution in [3.8, 4) is 11.5 Å². The highest BCUT2D eigenvalue weighted by molar-refractivity contribution is 9.10. The third-order valence-electron chi connectivity index (χ3n) is 1.87. The average molecular weight is 264 g/mol. The van der Waals surface area contributed by atoms with Crippen molar-refractivity contribution >= 4 is 15.9 Å². The summed E-state index contributed by atoms with van der Waals surface area (Å²) in [6.45, 7) is 1.66. The summed E-state index contributed by atoms with van der Waals surface area (Å²) >= 11 is 3.04. The van der Waals surface area contributed by atoms with Crippen LogP contribution < -0.4 is 10.5 Å². The third-order valence-corrected chi connectivity index (χ3v) is 2.61. The van der Waals surface area contributed by atoms with Gasteiger partial charge in [-0.1, -0.05) is 0 Å². The summed E-state index contributed by atoms with van der Waals surface area (Å²) in [6.07, 6.45) is 0. The highest BCUT2D eigenvalue weighted by atomic mass is 79.9. The Kier molecular flexibility index (Phi) is 3.34. The number of aromatic hydroxyl groups is 1. The molecular formula is C9H11BrFNO2. The molecule has 1 aromatic carbocycles. The number of phenols is 1. The molecule has 0 aliphatic heterocycles. The number of rotatable bonds is 2. The van der Waals surface area contributed by atoms with Gasteiger partial charge in [0.1, 0.15) is 10.2 Å². The zero-order chi connectivity index (χ0) is 10.9. The average Bonchev–Trinajstić information content (AvgIpc) is 2.12. The Labute approximate surface area is 89.8 Å². The Balaban J connectivity index is 3.40. The molecule has 1 unspecified atom stereocenters. The molecule has 0 aromatic heterocycles. The van der Waals surface area contributed by atoms with E-state index in [1.165, 1.54) is 13.2 Å². The van der Waals surface area contributed by atoms with Gasteiger partial charge in [-0.15, -0.1) is 0 Å². The second-order valence-electron chi connectivity index (χ2n) is 2.93. The molecule has 78 valence electrons. The summed E-state index contributed by atoms with van der Waals surface area (Å²) in [5, 5.41) is 9.63. The molecule has 0 radical (unpaired) electrons. The second-order valence-corrected chi connectivity index (χ2v) is 3.73. The van der Waals surface area contributed by atoms with Crippen LogP contribution in [0.5, 0.6) is 11.5 Å². The zero-order valence-electron chi connectivity index (χ0n) is 7.84. The minimum atomic E-state index is -0.551. The topological polar surface area (TPSA) is 55.5 Å². The maximum absolute atomic E-state index is 13.3. The number of phenolic OH excluding ortho intramolecular Hbond substituents is 1. The first-order valence-electron chi connectivity index (χ1n) is 3.99. The normalized spacial score (nSPS) is 12.6. The van der Waals surface area contributed by atoms with Crippen LogP contribution in [-0.4, -0.2) is 12.2 Å². The fourth-order valence-electron chi connectivity index (χ4n) is 1.14. The molecule has 1 aromatic rings. The van der Waals surface area contributed by atoms with Crippen LogP contribution in [0.15, 0.2) is 10.5 Å². The first-order chi connectivity index (χ1) is 6.49. The molecule has 1 rings (SSSR count). The summed E-state index contributed by atoms with van der Waals surface area (Å²) in [6, 6.07) is 0.732. The van der Waals surface area contributed by atoms with E-state index < -0.39 is 11.9 Å². The zero-order valence-corrected chi connectivity index (χ0v) is 9.43. The van der Waals surface area contributed by atoms with Crippen LogP contribution in [0.2, 0.25) is 0 Å². The van der Waals surface area contributed by atoms with Crippen molar-refractivity contribution in [3.63, 3.8) is 0 Å².